The highest BCUT2D eigenvalue weighted by molar-refractivity contribution is 5.73. The zero-order valence-corrected chi connectivity index (χ0v) is 11.5. The number of nitrogens with one attached hydrogen (secondary N) is 1. The molecule has 3 heterocycles. The molecule has 4 unspecified atom stereocenters. The Kier molecular flexibility index (Phi) is 3.56. The number of piperidine rings is 3. The van der Waals surface area contributed by atoms with Crippen molar-refractivity contribution in [1.82, 2.24) is 10.2 Å². The first-order chi connectivity index (χ1) is 9.22. The first kappa shape index (κ1) is 12.7. The Hall–Kier alpha value is -1.35. The predicted octanol–water partition coefficient (Wildman–Crippen LogP) is 1.69. The molecule has 1 aromatic rings. The van der Waals surface area contributed by atoms with Gasteiger partial charge < -0.3 is 10.2 Å². The van der Waals surface area contributed by atoms with Crippen LogP contribution in [0.5, 0.6) is 0 Å². The summed E-state index contributed by atoms with van der Waals surface area (Å²) in [7, 11) is 0. The lowest BCUT2D eigenvalue weighted by Crippen LogP contribution is -2.61. The monoisotopic (exact) mass is 258 g/mol. The molecular formula is C16H22N2O. The van der Waals surface area contributed by atoms with Crippen LogP contribution in [0.1, 0.15) is 18.9 Å². The van der Waals surface area contributed by atoms with Crippen molar-refractivity contribution in [3.8, 4) is 0 Å². The van der Waals surface area contributed by atoms with Gasteiger partial charge in [0.05, 0.1) is 0 Å². The van der Waals surface area contributed by atoms with Gasteiger partial charge in [0.1, 0.15) is 0 Å². The van der Waals surface area contributed by atoms with Crippen molar-refractivity contribution in [2.24, 2.45) is 11.8 Å². The van der Waals surface area contributed by atoms with E-state index in [1.165, 1.54) is 25.1 Å². The number of fused-ring (bicyclic) bond motifs is 3. The van der Waals surface area contributed by atoms with Crippen LogP contribution in [0.15, 0.2) is 30.3 Å². The van der Waals surface area contributed by atoms with Crippen LogP contribution in [0, 0.1) is 11.8 Å². The predicted molar refractivity (Wildman–Crippen MR) is 75.8 cm³/mol. The first-order valence-electron chi connectivity index (χ1n) is 7.26. The van der Waals surface area contributed by atoms with E-state index in [-0.39, 0.29) is 5.91 Å². The van der Waals surface area contributed by atoms with Crippen LogP contribution < -0.4 is 5.32 Å². The smallest absolute Gasteiger partial charge is 0.217 e. The van der Waals surface area contributed by atoms with E-state index >= 15 is 0 Å². The molecule has 4 atom stereocenters. The molecule has 3 saturated heterocycles. The zero-order chi connectivity index (χ0) is 13.2. The van der Waals surface area contributed by atoms with Crippen LogP contribution in [0.3, 0.4) is 0 Å². The number of hydrogen-bond donors (Lipinski definition) is 1. The van der Waals surface area contributed by atoms with Gasteiger partial charge in [0.15, 0.2) is 0 Å². The van der Waals surface area contributed by atoms with Gasteiger partial charge in [0.2, 0.25) is 5.91 Å². The van der Waals surface area contributed by atoms with Crippen LogP contribution >= 0.6 is 0 Å². The Morgan fingerprint density at radius 1 is 1.32 bits per heavy atom. The van der Waals surface area contributed by atoms with Crippen molar-refractivity contribution in [3.05, 3.63) is 35.9 Å². The highest BCUT2D eigenvalue weighted by atomic mass is 16.1. The fourth-order valence-electron chi connectivity index (χ4n) is 3.78. The van der Waals surface area contributed by atoms with Crippen LogP contribution in [0.2, 0.25) is 0 Å². The van der Waals surface area contributed by atoms with Crippen molar-refractivity contribution >= 4 is 5.91 Å². The highest BCUT2D eigenvalue weighted by Gasteiger charge is 2.41. The molecule has 3 aliphatic rings. The third kappa shape index (κ3) is 2.81. The minimum absolute atomic E-state index is 0.109. The molecule has 3 nitrogen and oxygen atoms in total. The molecule has 1 aromatic carbocycles. The maximum atomic E-state index is 11.3. The summed E-state index contributed by atoms with van der Waals surface area (Å²) in [4.78, 5) is 13.8. The van der Waals surface area contributed by atoms with Gasteiger partial charge in [-0.2, -0.15) is 0 Å². The average molecular weight is 258 g/mol. The molecule has 3 fully saturated rings. The Bertz CT molecular complexity index is 445. The van der Waals surface area contributed by atoms with Crippen molar-refractivity contribution in [1.29, 1.82) is 0 Å². The number of carbonyl (C=O) groups excluding carboxylic acids is 1. The van der Waals surface area contributed by atoms with Gasteiger partial charge in [-0.05, 0) is 36.8 Å². The lowest BCUT2D eigenvalue weighted by atomic mass is 9.73. The summed E-state index contributed by atoms with van der Waals surface area (Å²) in [5.41, 5.74) is 1.42. The summed E-state index contributed by atoms with van der Waals surface area (Å²) in [6.45, 7) is 5.06. The van der Waals surface area contributed by atoms with E-state index in [2.05, 4.69) is 40.5 Å². The standard InChI is InChI=1S/C16H22N2O/c1-12(19)17-16-11-18-8-7-15(16)14(10-18)9-13-5-3-2-4-6-13/h2-6,14-16H,7-11H2,1H3,(H,17,19). The zero-order valence-electron chi connectivity index (χ0n) is 11.5. The number of nitrogens with zero attached hydrogens (tertiary/aromatic N) is 1. The molecular weight excluding hydrogens is 236 g/mol. The molecule has 0 aliphatic carbocycles. The van der Waals surface area contributed by atoms with E-state index in [0.717, 1.165) is 13.0 Å². The normalized spacial score (nSPS) is 33.1. The summed E-state index contributed by atoms with van der Waals surface area (Å²) in [5, 5.41) is 3.15. The third-order valence-electron chi connectivity index (χ3n) is 4.58. The summed E-state index contributed by atoms with van der Waals surface area (Å²) < 4.78 is 0. The topological polar surface area (TPSA) is 32.3 Å². The van der Waals surface area contributed by atoms with Gasteiger partial charge in [0.25, 0.3) is 0 Å². The molecule has 0 spiro atoms. The van der Waals surface area contributed by atoms with Gasteiger partial charge in [-0.1, -0.05) is 30.3 Å². The molecule has 19 heavy (non-hydrogen) atoms. The van der Waals surface area contributed by atoms with Crippen molar-refractivity contribution in [2.75, 3.05) is 19.6 Å². The summed E-state index contributed by atoms with van der Waals surface area (Å²) in [6, 6.07) is 11.1. The minimum atomic E-state index is 0.109. The molecule has 1 amide bonds. The van der Waals surface area contributed by atoms with E-state index in [1.54, 1.807) is 6.92 Å². The van der Waals surface area contributed by atoms with Crippen LogP contribution in [-0.2, 0) is 11.2 Å². The number of carbonyl (C=O) groups is 1. The van der Waals surface area contributed by atoms with E-state index < -0.39 is 0 Å². The lowest BCUT2D eigenvalue weighted by Gasteiger charge is -2.49. The lowest BCUT2D eigenvalue weighted by molar-refractivity contribution is -0.121. The number of benzene rings is 1. The SMILES string of the molecule is CC(=O)NC1CN2CCC1C(Cc1ccccc1)C2. The second kappa shape index (κ2) is 5.33. The molecule has 0 aromatic heterocycles. The largest absolute Gasteiger partial charge is 0.352 e. The van der Waals surface area contributed by atoms with E-state index in [9.17, 15) is 4.79 Å². The van der Waals surface area contributed by atoms with Crippen LogP contribution in [-0.4, -0.2) is 36.5 Å². The third-order valence-corrected chi connectivity index (χ3v) is 4.58. The van der Waals surface area contributed by atoms with Crippen LogP contribution in [0.4, 0.5) is 0 Å². The Morgan fingerprint density at radius 2 is 2.11 bits per heavy atom. The van der Waals surface area contributed by atoms with Crippen molar-refractivity contribution in [2.45, 2.75) is 25.8 Å². The molecule has 3 heteroatoms. The van der Waals surface area contributed by atoms with E-state index in [4.69, 9.17) is 0 Å². The second-order valence-corrected chi connectivity index (χ2v) is 5.97. The van der Waals surface area contributed by atoms with Crippen molar-refractivity contribution in [3.63, 3.8) is 0 Å². The van der Waals surface area contributed by atoms with Gasteiger partial charge in [-0.25, -0.2) is 0 Å². The fraction of sp³-hybridized carbons (Fsp3) is 0.562. The maximum absolute atomic E-state index is 11.3. The summed E-state index contributed by atoms with van der Waals surface area (Å²) >= 11 is 0. The minimum Gasteiger partial charge on any atom is -0.352 e. The van der Waals surface area contributed by atoms with Gasteiger partial charge in [0, 0.05) is 26.1 Å². The summed E-state index contributed by atoms with van der Waals surface area (Å²) in [6.07, 6.45) is 2.36. The molecule has 1 N–H and O–H groups in total. The van der Waals surface area contributed by atoms with E-state index in [0.29, 0.717) is 17.9 Å². The van der Waals surface area contributed by atoms with Gasteiger partial charge in [-0.15, -0.1) is 0 Å². The molecule has 4 rings (SSSR count). The van der Waals surface area contributed by atoms with E-state index in [1.807, 2.05) is 0 Å². The second-order valence-electron chi connectivity index (χ2n) is 5.97. The molecule has 0 saturated carbocycles. The highest BCUT2D eigenvalue weighted by Crippen LogP contribution is 2.34. The van der Waals surface area contributed by atoms with Gasteiger partial charge >= 0.3 is 0 Å². The van der Waals surface area contributed by atoms with Crippen molar-refractivity contribution < 1.29 is 4.79 Å². The maximum Gasteiger partial charge on any atom is 0.217 e. The fourth-order valence-corrected chi connectivity index (χ4v) is 3.78. The first-order valence-corrected chi connectivity index (χ1v) is 7.26. The molecule has 2 bridgehead atoms. The number of rotatable bonds is 3. The molecule has 0 radical (unpaired) electrons. The van der Waals surface area contributed by atoms with Gasteiger partial charge in [-0.3, -0.25) is 4.79 Å². The van der Waals surface area contributed by atoms with Crippen LogP contribution in [0.25, 0.3) is 0 Å². The number of hydrogen-bond acceptors (Lipinski definition) is 2. The number of amides is 1. The Morgan fingerprint density at radius 3 is 2.79 bits per heavy atom. The Balaban J connectivity index is 1.70. The molecule has 102 valence electrons. The summed E-state index contributed by atoms with van der Waals surface area (Å²) in [5.74, 6) is 1.44. The average Bonchev–Trinajstić information content (AvgIpc) is 2.39. The molecule has 3 aliphatic heterocycles. The Labute approximate surface area is 115 Å². The quantitative estimate of drug-likeness (QED) is 0.895.